The SMILES string of the molecule is O=C(O)c1cc(-c2ccc(C3CCO3)cc2)ccc1F. The molecule has 0 aromatic heterocycles. The summed E-state index contributed by atoms with van der Waals surface area (Å²) in [6.07, 6.45) is 1.20. The second kappa shape index (κ2) is 5.06. The minimum absolute atomic E-state index is 0.173. The molecule has 3 nitrogen and oxygen atoms in total. The summed E-state index contributed by atoms with van der Waals surface area (Å²) in [5.41, 5.74) is 2.34. The van der Waals surface area contributed by atoms with Crippen LogP contribution in [0, 0.1) is 5.82 Å². The van der Waals surface area contributed by atoms with Crippen LogP contribution >= 0.6 is 0 Å². The first kappa shape index (κ1) is 12.8. The van der Waals surface area contributed by atoms with Crippen LogP contribution in [0.15, 0.2) is 42.5 Å². The van der Waals surface area contributed by atoms with Gasteiger partial charge in [0.25, 0.3) is 0 Å². The molecule has 2 aromatic carbocycles. The van der Waals surface area contributed by atoms with Crippen molar-refractivity contribution in [1.29, 1.82) is 0 Å². The summed E-state index contributed by atoms with van der Waals surface area (Å²) in [6.45, 7) is 0.798. The van der Waals surface area contributed by atoms with Crippen LogP contribution in [-0.2, 0) is 4.74 Å². The second-order valence-electron chi connectivity index (χ2n) is 4.77. The van der Waals surface area contributed by atoms with Crippen LogP contribution in [0.25, 0.3) is 11.1 Å². The van der Waals surface area contributed by atoms with E-state index in [0.29, 0.717) is 5.56 Å². The van der Waals surface area contributed by atoms with Gasteiger partial charge in [-0.1, -0.05) is 30.3 Å². The summed E-state index contributed by atoms with van der Waals surface area (Å²) in [5.74, 6) is -1.98. The first-order chi connectivity index (χ1) is 9.65. The first-order valence-corrected chi connectivity index (χ1v) is 6.40. The third kappa shape index (κ3) is 2.30. The highest BCUT2D eigenvalue weighted by Crippen LogP contribution is 2.31. The topological polar surface area (TPSA) is 46.5 Å². The molecular formula is C16H13FO3. The summed E-state index contributed by atoms with van der Waals surface area (Å²) in [7, 11) is 0. The van der Waals surface area contributed by atoms with E-state index in [1.807, 2.05) is 24.3 Å². The van der Waals surface area contributed by atoms with Gasteiger partial charge >= 0.3 is 5.97 Å². The van der Waals surface area contributed by atoms with Gasteiger partial charge in [-0.05, 0) is 28.8 Å². The maximum Gasteiger partial charge on any atom is 0.338 e. The number of carboxylic acids is 1. The molecule has 1 heterocycles. The normalized spacial score (nSPS) is 17.6. The predicted molar refractivity (Wildman–Crippen MR) is 72.1 cm³/mol. The maximum absolute atomic E-state index is 13.4. The Bertz CT molecular complexity index is 645. The Morgan fingerprint density at radius 2 is 1.80 bits per heavy atom. The highest BCUT2D eigenvalue weighted by Gasteiger charge is 2.20. The molecule has 1 unspecified atom stereocenters. The molecule has 1 aliphatic heterocycles. The van der Waals surface area contributed by atoms with Crippen LogP contribution < -0.4 is 0 Å². The van der Waals surface area contributed by atoms with Crippen molar-refractivity contribution in [3.05, 3.63) is 59.4 Å². The molecule has 0 spiro atoms. The molecule has 0 bridgehead atoms. The summed E-state index contributed by atoms with van der Waals surface area (Å²) < 4.78 is 18.8. The third-order valence-corrected chi connectivity index (χ3v) is 3.51. The van der Waals surface area contributed by atoms with Crippen molar-refractivity contribution in [2.45, 2.75) is 12.5 Å². The van der Waals surface area contributed by atoms with Gasteiger partial charge in [0.1, 0.15) is 5.82 Å². The van der Waals surface area contributed by atoms with Crippen molar-refractivity contribution in [1.82, 2.24) is 0 Å². The molecule has 0 amide bonds. The highest BCUT2D eigenvalue weighted by atomic mass is 19.1. The number of halogens is 1. The molecule has 1 atom stereocenters. The van der Waals surface area contributed by atoms with Gasteiger partial charge in [-0.3, -0.25) is 0 Å². The molecule has 1 aliphatic rings. The lowest BCUT2D eigenvalue weighted by atomic mass is 9.98. The van der Waals surface area contributed by atoms with Gasteiger partial charge in [-0.2, -0.15) is 0 Å². The Labute approximate surface area is 115 Å². The Morgan fingerprint density at radius 1 is 1.15 bits per heavy atom. The zero-order chi connectivity index (χ0) is 14.1. The number of carboxylic acid groups (broad SMARTS) is 1. The van der Waals surface area contributed by atoms with E-state index in [4.69, 9.17) is 9.84 Å². The summed E-state index contributed by atoms with van der Waals surface area (Å²) >= 11 is 0. The molecular weight excluding hydrogens is 259 g/mol. The lowest BCUT2D eigenvalue weighted by Crippen LogP contribution is -2.17. The van der Waals surface area contributed by atoms with Gasteiger partial charge in [0.15, 0.2) is 0 Å². The van der Waals surface area contributed by atoms with E-state index < -0.39 is 11.8 Å². The van der Waals surface area contributed by atoms with E-state index in [0.717, 1.165) is 24.2 Å². The lowest BCUT2D eigenvalue weighted by molar-refractivity contribution is -0.0527. The van der Waals surface area contributed by atoms with Gasteiger partial charge in [-0.15, -0.1) is 0 Å². The highest BCUT2D eigenvalue weighted by molar-refractivity contribution is 5.89. The van der Waals surface area contributed by atoms with Crippen LogP contribution in [0.1, 0.15) is 28.4 Å². The number of hydrogen-bond acceptors (Lipinski definition) is 2. The summed E-state index contributed by atoms with van der Waals surface area (Å²) in [6, 6.07) is 11.8. The number of benzene rings is 2. The molecule has 20 heavy (non-hydrogen) atoms. The zero-order valence-corrected chi connectivity index (χ0v) is 10.7. The van der Waals surface area contributed by atoms with Crippen LogP contribution in [0.3, 0.4) is 0 Å². The Balaban J connectivity index is 1.92. The number of hydrogen-bond donors (Lipinski definition) is 1. The van der Waals surface area contributed by atoms with Gasteiger partial charge in [0, 0.05) is 6.42 Å². The van der Waals surface area contributed by atoms with Crippen molar-refractivity contribution in [3.63, 3.8) is 0 Å². The fourth-order valence-electron chi connectivity index (χ4n) is 2.26. The summed E-state index contributed by atoms with van der Waals surface area (Å²) in [5, 5.41) is 8.94. The molecule has 0 aliphatic carbocycles. The maximum atomic E-state index is 13.4. The lowest BCUT2D eigenvalue weighted by Gasteiger charge is -2.26. The van der Waals surface area contributed by atoms with Gasteiger partial charge in [-0.25, -0.2) is 9.18 Å². The number of ether oxygens (including phenoxy) is 1. The number of carbonyl (C=O) groups is 1. The fourth-order valence-corrected chi connectivity index (χ4v) is 2.26. The number of rotatable bonds is 3. The van der Waals surface area contributed by atoms with E-state index >= 15 is 0 Å². The minimum atomic E-state index is -1.26. The van der Waals surface area contributed by atoms with E-state index in [2.05, 4.69) is 0 Å². The van der Waals surface area contributed by atoms with Crippen LogP contribution in [0.2, 0.25) is 0 Å². The van der Waals surface area contributed by atoms with Crippen LogP contribution in [-0.4, -0.2) is 17.7 Å². The Morgan fingerprint density at radius 3 is 2.35 bits per heavy atom. The molecule has 4 heteroatoms. The monoisotopic (exact) mass is 272 g/mol. The predicted octanol–water partition coefficient (Wildman–Crippen LogP) is 3.65. The fraction of sp³-hybridized carbons (Fsp3) is 0.188. The molecule has 0 saturated carbocycles. The molecule has 3 rings (SSSR count). The van der Waals surface area contributed by atoms with Crippen molar-refractivity contribution >= 4 is 5.97 Å². The van der Waals surface area contributed by atoms with Crippen LogP contribution in [0.5, 0.6) is 0 Å². The van der Waals surface area contributed by atoms with E-state index in [9.17, 15) is 9.18 Å². The van der Waals surface area contributed by atoms with Crippen molar-refractivity contribution in [2.75, 3.05) is 6.61 Å². The van der Waals surface area contributed by atoms with E-state index in [-0.39, 0.29) is 11.7 Å². The molecule has 2 aromatic rings. The molecule has 102 valence electrons. The molecule has 1 N–H and O–H groups in total. The quantitative estimate of drug-likeness (QED) is 0.927. The van der Waals surface area contributed by atoms with Crippen molar-refractivity contribution in [2.24, 2.45) is 0 Å². The van der Waals surface area contributed by atoms with Gasteiger partial charge < -0.3 is 9.84 Å². The molecule has 0 radical (unpaired) electrons. The Kier molecular flexibility index (Phi) is 3.24. The minimum Gasteiger partial charge on any atom is -0.478 e. The first-order valence-electron chi connectivity index (χ1n) is 6.40. The van der Waals surface area contributed by atoms with E-state index in [1.165, 1.54) is 12.1 Å². The molecule has 1 fully saturated rings. The standard InChI is InChI=1S/C16H13FO3/c17-14-6-5-12(9-13(14)16(18)19)10-1-3-11(4-2-10)15-7-8-20-15/h1-6,9,15H,7-8H2,(H,18,19). The average molecular weight is 272 g/mol. The molecule has 1 saturated heterocycles. The third-order valence-electron chi connectivity index (χ3n) is 3.51. The number of aromatic carboxylic acids is 1. The van der Waals surface area contributed by atoms with Gasteiger partial charge in [0.2, 0.25) is 0 Å². The Hall–Kier alpha value is -2.20. The summed E-state index contributed by atoms with van der Waals surface area (Å²) in [4.78, 5) is 10.9. The second-order valence-corrected chi connectivity index (χ2v) is 4.77. The zero-order valence-electron chi connectivity index (χ0n) is 10.7. The van der Waals surface area contributed by atoms with Crippen molar-refractivity contribution in [3.8, 4) is 11.1 Å². The van der Waals surface area contributed by atoms with Crippen molar-refractivity contribution < 1.29 is 19.0 Å². The smallest absolute Gasteiger partial charge is 0.338 e. The van der Waals surface area contributed by atoms with E-state index in [1.54, 1.807) is 6.07 Å². The van der Waals surface area contributed by atoms with Crippen LogP contribution in [0.4, 0.5) is 4.39 Å². The average Bonchev–Trinajstić information content (AvgIpc) is 2.38. The largest absolute Gasteiger partial charge is 0.478 e. The van der Waals surface area contributed by atoms with Gasteiger partial charge in [0.05, 0.1) is 18.3 Å².